The normalized spacial score (nSPS) is 14.1. The summed E-state index contributed by atoms with van der Waals surface area (Å²) in [4.78, 5) is 0. The van der Waals surface area contributed by atoms with E-state index < -0.39 is 40.2 Å². The summed E-state index contributed by atoms with van der Waals surface area (Å²) in [5.74, 6) is -0.485. The van der Waals surface area contributed by atoms with E-state index in [0.717, 1.165) is 0 Å². The smallest absolute Gasteiger partial charge is 0.330 e. The number of nitrogens with zero attached hydrogens (tertiary/aromatic N) is 1. The molecule has 19 heavy (non-hydrogen) atoms. The molecule has 0 unspecified atom stereocenters. The zero-order valence-electron chi connectivity index (χ0n) is 11.6. The molecule has 8 heteroatoms. The van der Waals surface area contributed by atoms with Crippen LogP contribution in [-0.2, 0) is 10.0 Å². The predicted octanol–water partition coefficient (Wildman–Crippen LogP) is 1.97. The maximum Gasteiger partial charge on any atom is 0.389 e. The van der Waals surface area contributed by atoms with Crippen LogP contribution in [0.2, 0.25) is 0 Å². The molecule has 0 atom stereocenters. The van der Waals surface area contributed by atoms with E-state index in [1.165, 1.54) is 4.31 Å². The molecule has 0 aromatic heterocycles. The molecule has 0 aliphatic heterocycles. The molecular weight excluding hydrogens is 281 g/mol. The second-order valence-corrected chi connectivity index (χ2v) is 7.42. The molecule has 0 heterocycles. The number of rotatable bonds is 8. The lowest BCUT2D eigenvalue weighted by atomic mass is 9.94. The highest BCUT2D eigenvalue weighted by Crippen LogP contribution is 2.23. The van der Waals surface area contributed by atoms with Crippen molar-refractivity contribution in [2.45, 2.75) is 39.8 Å². The van der Waals surface area contributed by atoms with Crippen molar-refractivity contribution in [2.75, 3.05) is 25.4 Å². The van der Waals surface area contributed by atoms with Crippen LogP contribution in [0.5, 0.6) is 0 Å². The van der Waals surface area contributed by atoms with E-state index in [-0.39, 0.29) is 13.1 Å². The Labute approximate surface area is 113 Å². The zero-order valence-corrected chi connectivity index (χ0v) is 12.4. The summed E-state index contributed by atoms with van der Waals surface area (Å²) in [5, 5.41) is 0. The minimum absolute atomic E-state index is 0.217. The third-order valence-corrected chi connectivity index (χ3v) is 4.74. The van der Waals surface area contributed by atoms with Crippen molar-refractivity contribution in [2.24, 2.45) is 11.1 Å². The highest BCUT2D eigenvalue weighted by atomic mass is 32.2. The molecule has 2 N–H and O–H groups in total. The number of sulfonamides is 1. The molecule has 0 saturated carbocycles. The van der Waals surface area contributed by atoms with Crippen molar-refractivity contribution in [1.82, 2.24) is 4.31 Å². The van der Waals surface area contributed by atoms with E-state index in [2.05, 4.69) is 0 Å². The van der Waals surface area contributed by atoms with E-state index in [4.69, 9.17) is 5.73 Å². The minimum Gasteiger partial charge on any atom is -0.330 e. The Kier molecular flexibility index (Phi) is 6.77. The summed E-state index contributed by atoms with van der Waals surface area (Å²) < 4.78 is 61.2. The van der Waals surface area contributed by atoms with Crippen molar-refractivity contribution < 1.29 is 21.6 Å². The van der Waals surface area contributed by atoms with Gasteiger partial charge in [-0.05, 0) is 18.4 Å². The quantitative estimate of drug-likeness (QED) is 0.745. The first kappa shape index (κ1) is 18.7. The van der Waals surface area contributed by atoms with Crippen LogP contribution in [0.1, 0.15) is 33.6 Å². The molecule has 0 aromatic carbocycles. The van der Waals surface area contributed by atoms with Gasteiger partial charge in [-0.1, -0.05) is 20.8 Å². The summed E-state index contributed by atoms with van der Waals surface area (Å²) in [5.41, 5.74) is 5.14. The highest BCUT2D eigenvalue weighted by Gasteiger charge is 2.30. The van der Waals surface area contributed by atoms with E-state index in [0.29, 0.717) is 6.54 Å². The van der Waals surface area contributed by atoms with Crippen molar-refractivity contribution >= 4 is 10.0 Å². The lowest BCUT2D eigenvalue weighted by Gasteiger charge is -2.30. The van der Waals surface area contributed by atoms with E-state index in [1.54, 1.807) is 6.92 Å². The van der Waals surface area contributed by atoms with Gasteiger partial charge in [0.05, 0.1) is 5.75 Å². The average molecular weight is 304 g/mol. The summed E-state index contributed by atoms with van der Waals surface area (Å²) in [6.45, 7) is 6.06. The zero-order chi connectivity index (χ0) is 15.3. The standard InChI is InChI=1S/C11H23F3N2O2S/c1-4-16(9-10(2,3)8-15)19(17,18)7-5-6-11(12,13)14/h4-9,15H2,1-3H3. The van der Waals surface area contributed by atoms with Crippen molar-refractivity contribution in [1.29, 1.82) is 0 Å². The van der Waals surface area contributed by atoms with Crippen LogP contribution in [0.15, 0.2) is 0 Å². The highest BCUT2D eigenvalue weighted by molar-refractivity contribution is 7.89. The van der Waals surface area contributed by atoms with Crippen LogP contribution in [-0.4, -0.2) is 44.3 Å². The summed E-state index contributed by atoms with van der Waals surface area (Å²) in [6.07, 6.45) is -5.81. The Morgan fingerprint density at radius 1 is 1.21 bits per heavy atom. The fourth-order valence-corrected chi connectivity index (χ4v) is 3.24. The Morgan fingerprint density at radius 3 is 2.11 bits per heavy atom. The number of alkyl halides is 3. The van der Waals surface area contributed by atoms with Crippen LogP contribution < -0.4 is 5.73 Å². The van der Waals surface area contributed by atoms with Crippen molar-refractivity contribution in [3.05, 3.63) is 0 Å². The molecule has 0 radical (unpaired) electrons. The molecule has 0 aliphatic rings. The lowest BCUT2D eigenvalue weighted by molar-refractivity contribution is -0.134. The molecule has 0 aromatic rings. The average Bonchev–Trinajstić information content (AvgIpc) is 2.23. The number of hydrogen-bond donors (Lipinski definition) is 1. The molecule has 0 saturated heterocycles. The number of halogens is 3. The van der Waals surface area contributed by atoms with Gasteiger partial charge in [-0.2, -0.15) is 13.2 Å². The van der Waals surface area contributed by atoms with Crippen LogP contribution in [0.4, 0.5) is 13.2 Å². The Morgan fingerprint density at radius 2 is 1.74 bits per heavy atom. The van der Waals surface area contributed by atoms with Gasteiger partial charge >= 0.3 is 6.18 Å². The van der Waals surface area contributed by atoms with Crippen LogP contribution >= 0.6 is 0 Å². The van der Waals surface area contributed by atoms with Gasteiger partial charge in [0.1, 0.15) is 0 Å². The largest absolute Gasteiger partial charge is 0.389 e. The Hall–Kier alpha value is -0.340. The van der Waals surface area contributed by atoms with Gasteiger partial charge in [0.2, 0.25) is 10.0 Å². The Balaban J connectivity index is 4.59. The molecule has 0 amide bonds. The molecule has 0 bridgehead atoms. The first-order valence-corrected chi connectivity index (χ1v) is 7.79. The molecule has 0 rings (SSSR count). The molecule has 0 aliphatic carbocycles. The van der Waals surface area contributed by atoms with Gasteiger partial charge in [0.15, 0.2) is 0 Å². The molecule has 0 fully saturated rings. The Bertz CT molecular complexity index is 367. The van der Waals surface area contributed by atoms with Gasteiger partial charge in [0, 0.05) is 19.5 Å². The predicted molar refractivity (Wildman–Crippen MR) is 69.2 cm³/mol. The third kappa shape index (κ3) is 7.74. The van der Waals surface area contributed by atoms with Crippen molar-refractivity contribution in [3.63, 3.8) is 0 Å². The lowest BCUT2D eigenvalue weighted by Crippen LogP contribution is -2.42. The minimum atomic E-state index is -4.32. The van der Waals surface area contributed by atoms with E-state index in [1.807, 2.05) is 13.8 Å². The van der Waals surface area contributed by atoms with Gasteiger partial charge < -0.3 is 5.73 Å². The monoisotopic (exact) mass is 304 g/mol. The maximum atomic E-state index is 12.0. The summed E-state index contributed by atoms with van der Waals surface area (Å²) in [7, 11) is -3.66. The first-order chi connectivity index (χ1) is 8.43. The molecular formula is C11H23F3N2O2S. The van der Waals surface area contributed by atoms with Crippen LogP contribution in [0, 0.1) is 5.41 Å². The molecule has 116 valence electrons. The number of hydrogen-bond acceptors (Lipinski definition) is 3. The second-order valence-electron chi connectivity index (χ2n) is 5.33. The third-order valence-electron chi connectivity index (χ3n) is 2.77. The van der Waals surface area contributed by atoms with Gasteiger partial charge in [0.25, 0.3) is 0 Å². The van der Waals surface area contributed by atoms with Gasteiger partial charge in [-0.3, -0.25) is 0 Å². The maximum absolute atomic E-state index is 12.0. The van der Waals surface area contributed by atoms with Gasteiger partial charge in [-0.15, -0.1) is 0 Å². The van der Waals surface area contributed by atoms with Crippen LogP contribution in [0.3, 0.4) is 0 Å². The topological polar surface area (TPSA) is 63.4 Å². The van der Waals surface area contributed by atoms with Crippen molar-refractivity contribution in [3.8, 4) is 0 Å². The fourth-order valence-electron chi connectivity index (χ4n) is 1.53. The molecule has 0 spiro atoms. The fraction of sp³-hybridized carbons (Fsp3) is 1.00. The second kappa shape index (κ2) is 6.90. The first-order valence-electron chi connectivity index (χ1n) is 6.18. The SMILES string of the molecule is CCN(CC(C)(C)CN)S(=O)(=O)CCCC(F)(F)F. The summed E-state index contributed by atoms with van der Waals surface area (Å²) in [6, 6.07) is 0. The number of nitrogens with two attached hydrogens (primary N) is 1. The van der Waals surface area contributed by atoms with Gasteiger partial charge in [-0.25, -0.2) is 12.7 Å². The van der Waals surface area contributed by atoms with E-state index in [9.17, 15) is 21.6 Å². The van der Waals surface area contributed by atoms with Crippen LogP contribution in [0.25, 0.3) is 0 Å². The summed E-state index contributed by atoms with van der Waals surface area (Å²) >= 11 is 0. The molecule has 4 nitrogen and oxygen atoms in total. The van der Waals surface area contributed by atoms with E-state index >= 15 is 0 Å².